The minimum atomic E-state index is -0.285. The van der Waals surface area contributed by atoms with Crippen LogP contribution < -0.4 is 5.63 Å². The Labute approximate surface area is 125 Å². The van der Waals surface area contributed by atoms with Crippen molar-refractivity contribution in [2.24, 2.45) is 0 Å². The molecule has 3 heteroatoms. The zero-order valence-electron chi connectivity index (χ0n) is 13.3. The fourth-order valence-corrected chi connectivity index (χ4v) is 2.52. The van der Waals surface area contributed by atoms with Gasteiger partial charge in [-0.15, -0.1) is 0 Å². The number of rotatable bonds is 5. The molecule has 1 heterocycles. The molecule has 2 rings (SSSR count). The van der Waals surface area contributed by atoms with Gasteiger partial charge in [0.25, 0.3) is 0 Å². The maximum Gasteiger partial charge on any atom is 0.336 e. The first-order valence-electron chi connectivity index (χ1n) is 7.31. The van der Waals surface area contributed by atoms with E-state index in [1.54, 1.807) is 6.07 Å². The van der Waals surface area contributed by atoms with Gasteiger partial charge >= 0.3 is 5.63 Å². The number of hydrogen-bond acceptors (Lipinski definition) is 3. The van der Waals surface area contributed by atoms with E-state index < -0.39 is 0 Å². The van der Waals surface area contributed by atoms with Crippen molar-refractivity contribution in [3.63, 3.8) is 0 Å². The summed E-state index contributed by atoms with van der Waals surface area (Å²) in [6, 6.07) is 5.67. The van der Waals surface area contributed by atoms with Crippen molar-refractivity contribution in [2.45, 2.75) is 34.2 Å². The van der Waals surface area contributed by atoms with Gasteiger partial charge in [-0.1, -0.05) is 19.1 Å². The van der Waals surface area contributed by atoms with E-state index in [0.29, 0.717) is 5.58 Å². The number of likely N-dealkylation sites (N-methyl/N-ethyl adjacent to an activating group) is 1. The zero-order chi connectivity index (χ0) is 15.6. The van der Waals surface area contributed by atoms with Crippen LogP contribution in [0.1, 0.15) is 30.5 Å². The van der Waals surface area contributed by atoms with Gasteiger partial charge in [-0.3, -0.25) is 4.90 Å². The molecule has 0 amide bonds. The standard InChI is InChI=1S/C18H23NO2/c1-6-19(10-12(2)3)11-15-9-18(20)21-17-8-14(5)13(4)7-16(15)17/h7-9H,2,6,10-11H2,1,3-5H3. The van der Waals surface area contributed by atoms with E-state index in [1.165, 1.54) is 5.56 Å². The van der Waals surface area contributed by atoms with Crippen LogP contribution in [-0.2, 0) is 6.54 Å². The molecule has 0 spiro atoms. The molecule has 0 aliphatic rings. The summed E-state index contributed by atoms with van der Waals surface area (Å²) in [4.78, 5) is 14.1. The fourth-order valence-electron chi connectivity index (χ4n) is 2.52. The predicted octanol–water partition coefficient (Wildman–Crippen LogP) is 3.81. The number of fused-ring (bicyclic) bond motifs is 1. The molecule has 0 atom stereocenters. The normalized spacial score (nSPS) is 11.3. The van der Waals surface area contributed by atoms with Crippen LogP contribution in [-0.4, -0.2) is 18.0 Å². The molecule has 0 radical (unpaired) electrons. The minimum Gasteiger partial charge on any atom is -0.423 e. The molecule has 2 aromatic rings. The highest BCUT2D eigenvalue weighted by molar-refractivity contribution is 5.81. The molecule has 3 nitrogen and oxygen atoms in total. The van der Waals surface area contributed by atoms with Crippen molar-refractivity contribution in [2.75, 3.05) is 13.1 Å². The Morgan fingerprint density at radius 3 is 2.52 bits per heavy atom. The Kier molecular flexibility index (Phi) is 4.63. The summed E-state index contributed by atoms with van der Waals surface area (Å²) in [7, 11) is 0. The monoisotopic (exact) mass is 285 g/mol. The second-order valence-electron chi connectivity index (χ2n) is 5.78. The summed E-state index contributed by atoms with van der Waals surface area (Å²) in [5, 5.41) is 1.03. The van der Waals surface area contributed by atoms with Gasteiger partial charge in [0.2, 0.25) is 0 Å². The van der Waals surface area contributed by atoms with Gasteiger partial charge in [-0.05, 0) is 56.1 Å². The van der Waals surface area contributed by atoms with E-state index in [0.717, 1.165) is 41.7 Å². The van der Waals surface area contributed by atoms with Crippen LogP contribution in [0.3, 0.4) is 0 Å². The van der Waals surface area contributed by atoms with E-state index in [4.69, 9.17) is 4.42 Å². The van der Waals surface area contributed by atoms with Crippen LogP contribution >= 0.6 is 0 Å². The molecule has 112 valence electrons. The molecule has 1 aromatic carbocycles. The molecule has 21 heavy (non-hydrogen) atoms. The molecular formula is C18H23NO2. The lowest BCUT2D eigenvalue weighted by Crippen LogP contribution is -2.25. The van der Waals surface area contributed by atoms with Crippen molar-refractivity contribution in [1.82, 2.24) is 4.90 Å². The summed E-state index contributed by atoms with van der Waals surface area (Å²) in [6.07, 6.45) is 0. The highest BCUT2D eigenvalue weighted by Gasteiger charge is 2.11. The lowest BCUT2D eigenvalue weighted by atomic mass is 10.0. The Morgan fingerprint density at radius 1 is 1.24 bits per heavy atom. The summed E-state index contributed by atoms with van der Waals surface area (Å²) in [5.41, 5.74) is 4.88. The van der Waals surface area contributed by atoms with Gasteiger partial charge in [-0.25, -0.2) is 4.79 Å². The van der Waals surface area contributed by atoms with Gasteiger partial charge in [0.1, 0.15) is 5.58 Å². The first kappa shape index (κ1) is 15.5. The number of hydrogen-bond donors (Lipinski definition) is 0. The molecule has 0 aliphatic carbocycles. The molecule has 0 saturated carbocycles. The molecule has 0 bridgehead atoms. The molecular weight excluding hydrogens is 262 g/mol. The third-order valence-corrected chi connectivity index (χ3v) is 3.78. The van der Waals surface area contributed by atoms with Crippen molar-refractivity contribution in [3.05, 3.63) is 57.5 Å². The largest absolute Gasteiger partial charge is 0.423 e. The third kappa shape index (κ3) is 3.61. The summed E-state index contributed by atoms with van der Waals surface area (Å²) < 4.78 is 5.34. The Balaban J connectivity index is 2.49. The smallest absolute Gasteiger partial charge is 0.336 e. The van der Waals surface area contributed by atoms with E-state index in [2.05, 4.69) is 31.4 Å². The summed E-state index contributed by atoms with van der Waals surface area (Å²) in [6.45, 7) is 14.7. The predicted molar refractivity (Wildman–Crippen MR) is 87.7 cm³/mol. The SMILES string of the molecule is C=C(C)CN(CC)Cc1cc(=O)oc2cc(C)c(C)cc12. The highest BCUT2D eigenvalue weighted by Crippen LogP contribution is 2.22. The van der Waals surface area contributed by atoms with Crippen LogP contribution in [0.25, 0.3) is 11.0 Å². The first-order valence-corrected chi connectivity index (χ1v) is 7.31. The average molecular weight is 285 g/mol. The molecule has 0 aliphatic heterocycles. The number of nitrogens with zero attached hydrogens (tertiary/aromatic N) is 1. The van der Waals surface area contributed by atoms with Crippen LogP contribution in [0.4, 0.5) is 0 Å². The fraction of sp³-hybridized carbons (Fsp3) is 0.389. The third-order valence-electron chi connectivity index (χ3n) is 3.78. The van der Waals surface area contributed by atoms with Gasteiger partial charge in [0.15, 0.2) is 0 Å². The van der Waals surface area contributed by atoms with Crippen LogP contribution in [0, 0.1) is 13.8 Å². The van der Waals surface area contributed by atoms with Gasteiger partial charge < -0.3 is 4.42 Å². The van der Waals surface area contributed by atoms with Gasteiger partial charge in [-0.2, -0.15) is 0 Å². The second-order valence-corrected chi connectivity index (χ2v) is 5.78. The lowest BCUT2D eigenvalue weighted by Gasteiger charge is -2.21. The topological polar surface area (TPSA) is 33.5 Å². The molecule has 0 unspecified atom stereocenters. The maximum absolute atomic E-state index is 11.8. The van der Waals surface area contributed by atoms with Gasteiger partial charge in [0, 0.05) is 24.5 Å². The Morgan fingerprint density at radius 2 is 1.90 bits per heavy atom. The van der Waals surface area contributed by atoms with E-state index in [9.17, 15) is 4.79 Å². The highest BCUT2D eigenvalue weighted by atomic mass is 16.4. The van der Waals surface area contributed by atoms with Crippen molar-refractivity contribution in [3.8, 4) is 0 Å². The van der Waals surface area contributed by atoms with E-state index in [1.807, 2.05) is 19.9 Å². The minimum absolute atomic E-state index is 0.285. The summed E-state index contributed by atoms with van der Waals surface area (Å²) in [5.74, 6) is 0. The van der Waals surface area contributed by atoms with E-state index >= 15 is 0 Å². The van der Waals surface area contributed by atoms with Crippen LogP contribution in [0.5, 0.6) is 0 Å². The summed E-state index contributed by atoms with van der Waals surface area (Å²) >= 11 is 0. The molecule has 0 N–H and O–H groups in total. The van der Waals surface area contributed by atoms with Crippen molar-refractivity contribution >= 4 is 11.0 Å². The Bertz CT molecular complexity index is 728. The van der Waals surface area contributed by atoms with Crippen LogP contribution in [0.2, 0.25) is 0 Å². The average Bonchev–Trinajstić information content (AvgIpc) is 2.39. The van der Waals surface area contributed by atoms with E-state index in [-0.39, 0.29) is 5.63 Å². The van der Waals surface area contributed by atoms with Crippen LogP contribution in [0.15, 0.2) is 39.6 Å². The lowest BCUT2D eigenvalue weighted by molar-refractivity contribution is 0.305. The van der Waals surface area contributed by atoms with Crippen molar-refractivity contribution in [1.29, 1.82) is 0 Å². The zero-order valence-corrected chi connectivity index (χ0v) is 13.3. The van der Waals surface area contributed by atoms with Gasteiger partial charge in [0.05, 0.1) is 0 Å². The number of aryl methyl sites for hydroxylation is 2. The quantitative estimate of drug-likeness (QED) is 0.619. The second kappa shape index (κ2) is 6.27. The Hall–Kier alpha value is -1.87. The number of benzene rings is 1. The maximum atomic E-state index is 11.8. The first-order chi connectivity index (χ1) is 9.90. The molecule has 0 saturated heterocycles. The molecule has 1 aromatic heterocycles. The van der Waals surface area contributed by atoms with Crippen molar-refractivity contribution < 1.29 is 4.42 Å². The molecule has 0 fully saturated rings.